The second-order valence-electron chi connectivity index (χ2n) is 5.73. The van der Waals surface area contributed by atoms with Crippen LogP contribution >= 0.6 is 11.6 Å². The van der Waals surface area contributed by atoms with E-state index in [4.69, 9.17) is 11.6 Å². The van der Waals surface area contributed by atoms with Crippen molar-refractivity contribution >= 4 is 21.6 Å². The van der Waals surface area contributed by atoms with Gasteiger partial charge in [-0.25, -0.2) is 12.7 Å². The fourth-order valence-corrected chi connectivity index (χ4v) is 4.18. The molecular weight excluding hydrogens is 284 g/mol. The Morgan fingerprint density at radius 3 is 2.37 bits per heavy atom. The lowest BCUT2D eigenvalue weighted by molar-refractivity contribution is 0.182. The van der Waals surface area contributed by atoms with Gasteiger partial charge in [0.15, 0.2) is 0 Å². The predicted octanol–water partition coefficient (Wildman–Crippen LogP) is 2.00. The summed E-state index contributed by atoms with van der Waals surface area (Å²) >= 11 is 5.57. The first-order valence-electron chi connectivity index (χ1n) is 7.11. The van der Waals surface area contributed by atoms with Crippen molar-refractivity contribution in [1.29, 1.82) is 0 Å². The van der Waals surface area contributed by atoms with Gasteiger partial charge in [0.1, 0.15) is 0 Å². The van der Waals surface area contributed by atoms with Crippen molar-refractivity contribution in [2.45, 2.75) is 39.2 Å². The Hall–Kier alpha value is 0.160. The number of alkyl halides is 1. The molecule has 1 fully saturated rings. The number of piperidine rings is 1. The van der Waals surface area contributed by atoms with Gasteiger partial charge in [0.2, 0.25) is 10.0 Å². The van der Waals surface area contributed by atoms with E-state index in [1.165, 1.54) is 0 Å². The Kier molecular flexibility index (Phi) is 7.08. The van der Waals surface area contributed by atoms with Crippen LogP contribution in [0.3, 0.4) is 0 Å². The molecule has 0 aromatic heterocycles. The van der Waals surface area contributed by atoms with Crippen LogP contribution in [0.4, 0.5) is 0 Å². The first-order valence-corrected chi connectivity index (χ1v) is 9.25. The maximum Gasteiger partial charge on any atom is 0.214 e. The molecule has 1 aliphatic rings. The zero-order valence-electron chi connectivity index (χ0n) is 12.3. The molecule has 0 aliphatic carbocycles. The van der Waals surface area contributed by atoms with Crippen LogP contribution < -0.4 is 0 Å². The quantitative estimate of drug-likeness (QED) is 0.675. The predicted molar refractivity (Wildman–Crippen MR) is 81.2 cm³/mol. The number of hydrogen-bond acceptors (Lipinski definition) is 3. The summed E-state index contributed by atoms with van der Waals surface area (Å²) in [5.74, 6) is 1.22. The molecule has 0 saturated carbocycles. The maximum absolute atomic E-state index is 12.0. The van der Waals surface area contributed by atoms with E-state index < -0.39 is 10.0 Å². The molecule has 0 N–H and O–H groups in total. The summed E-state index contributed by atoms with van der Waals surface area (Å²) in [6.45, 7) is 6.77. The van der Waals surface area contributed by atoms with Gasteiger partial charge in [-0.15, -0.1) is 11.6 Å². The number of sulfonamides is 1. The summed E-state index contributed by atoms with van der Waals surface area (Å²) in [5, 5.41) is 0. The first kappa shape index (κ1) is 17.2. The summed E-state index contributed by atoms with van der Waals surface area (Å²) < 4.78 is 25.7. The average molecular weight is 311 g/mol. The Morgan fingerprint density at radius 1 is 1.32 bits per heavy atom. The monoisotopic (exact) mass is 310 g/mol. The zero-order valence-corrected chi connectivity index (χ0v) is 13.9. The van der Waals surface area contributed by atoms with Crippen LogP contribution in [0.2, 0.25) is 0 Å². The van der Waals surface area contributed by atoms with E-state index in [1.807, 2.05) is 0 Å². The summed E-state index contributed by atoms with van der Waals surface area (Å²) in [7, 11) is -0.945. The molecule has 0 atom stereocenters. The number of hydrogen-bond donors (Lipinski definition) is 0. The Labute approximate surface area is 123 Å². The third-order valence-electron chi connectivity index (χ3n) is 3.93. The second kappa shape index (κ2) is 7.81. The van der Waals surface area contributed by atoms with Crippen molar-refractivity contribution in [1.82, 2.24) is 9.21 Å². The van der Waals surface area contributed by atoms with Crippen LogP contribution in [0.5, 0.6) is 0 Å². The van der Waals surface area contributed by atoms with Gasteiger partial charge < -0.3 is 4.90 Å². The van der Waals surface area contributed by atoms with Crippen molar-refractivity contribution in [3.63, 3.8) is 0 Å². The third kappa shape index (κ3) is 5.58. The van der Waals surface area contributed by atoms with E-state index >= 15 is 0 Å². The molecular formula is C13H27ClN2O2S. The lowest BCUT2D eigenvalue weighted by Crippen LogP contribution is -2.42. The minimum absolute atomic E-state index is 0.188. The van der Waals surface area contributed by atoms with Crippen LogP contribution in [0.15, 0.2) is 0 Å². The van der Waals surface area contributed by atoms with Gasteiger partial charge in [-0.2, -0.15) is 0 Å². The molecule has 0 radical (unpaired) electrons. The van der Waals surface area contributed by atoms with Crippen molar-refractivity contribution < 1.29 is 8.42 Å². The van der Waals surface area contributed by atoms with Gasteiger partial charge >= 0.3 is 0 Å². The van der Waals surface area contributed by atoms with Crippen LogP contribution in [0, 0.1) is 5.92 Å². The minimum atomic E-state index is -3.08. The molecule has 0 bridgehead atoms. The number of nitrogens with zero attached hydrogens (tertiary/aromatic N) is 2. The molecule has 19 heavy (non-hydrogen) atoms. The van der Waals surface area contributed by atoms with Crippen LogP contribution in [-0.2, 0) is 10.0 Å². The van der Waals surface area contributed by atoms with Crippen molar-refractivity contribution in [2.75, 3.05) is 38.3 Å². The van der Waals surface area contributed by atoms with E-state index in [1.54, 1.807) is 4.31 Å². The van der Waals surface area contributed by atoms with Gasteiger partial charge in [0.25, 0.3) is 0 Å². The number of rotatable bonds is 7. The highest BCUT2D eigenvalue weighted by Gasteiger charge is 2.28. The van der Waals surface area contributed by atoms with E-state index in [2.05, 4.69) is 25.8 Å². The topological polar surface area (TPSA) is 40.6 Å². The number of halogens is 1. The molecule has 4 nitrogen and oxygen atoms in total. The molecule has 0 aromatic carbocycles. The summed E-state index contributed by atoms with van der Waals surface area (Å²) in [6, 6.07) is 0.547. The van der Waals surface area contributed by atoms with Crippen molar-refractivity contribution in [3.8, 4) is 0 Å². The SMILES string of the molecule is CC(C)N(C)CC1CCN(S(=O)(=O)CCCCl)CC1. The van der Waals surface area contributed by atoms with Gasteiger partial charge in [-0.3, -0.25) is 0 Å². The molecule has 0 unspecified atom stereocenters. The molecule has 1 heterocycles. The van der Waals surface area contributed by atoms with Crippen molar-refractivity contribution in [2.24, 2.45) is 5.92 Å². The Balaban J connectivity index is 2.40. The smallest absolute Gasteiger partial charge is 0.214 e. The van der Waals surface area contributed by atoms with Gasteiger partial charge in [0, 0.05) is 31.6 Å². The van der Waals surface area contributed by atoms with E-state index in [0.29, 0.717) is 37.4 Å². The lowest BCUT2D eigenvalue weighted by Gasteiger charge is -2.34. The molecule has 0 spiro atoms. The lowest BCUT2D eigenvalue weighted by atomic mass is 9.97. The van der Waals surface area contributed by atoms with Crippen molar-refractivity contribution in [3.05, 3.63) is 0 Å². The third-order valence-corrected chi connectivity index (χ3v) is 6.15. The molecule has 0 aromatic rings. The average Bonchev–Trinajstić information content (AvgIpc) is 2.37. The Morgan fingerprint density at radius 2 is 1.89 bits per heavy atom. The first-order chi connectivity index (χ1) is 8.86. The molecule has 0 amide bonds. The summed E-state index contributed by atoms with van der Waals surface area (Å²) in [6.07, 6.45) is 2.48. The van der Waals surface area contributed by atoms with Crippen LogP contribution in [0.25, 0.3) is 0 Å². The fraction of sp³-hybridized carbons (Fsp3) is 1.00. The van der Waals surface area contributed by atoms with Crippen LogP contribution in [0.1, 0.15) is 33.1 Å². The highest BCUT2D eigenvalue weighted by Crippen LogP contribution is 2.21. The fourth-order valence-electron chi connectivity index (χ4n) is 2.35. The second-order valence-corrected chi connectivity index (χ2v) is 8.20. The van der Waals surface area contributed by atoms with E-state index in [-0.39, 0.29) is 5.75 Å². The minimum Gasteiger partial charge on any atom is -0.304 e. The van der Waals surface area contributed by atoms with Gasteiger partial charge in [-0.05, 0) is 46.1 Å². The summed E-state index contributed by atoms with van der Waals surface area (Å²) in [4.78, 5) is 2.34. The molecule has 1 aliphatic heterocycles. The maximum atomic E-state index is 12.0. The van der Waals surface area contributed by atoms with Crippen LogP contribution in [-0.4, -0.2) is 62.0 Å². The standard InChI is InChI=1S/C13H27ClN2O2S/c1-12(2)15(3)11-13-5-8-16(9-6-13)19(17,18)10-4-7-14/h12-13H,4-11H2,1-3H3. The van der Waals surface area contributed by atoms with Gasteiger partial charge in [-0.1, -0.05) is 0 Å². The normalized spacial score (nSPS) is 19.5. The molecule has 1 saturated heterocycles. The van der Waals surface area contributed by atoms with E-state index in [9.17, 15) is 8.42 Å². The molecule has 6 heteroatoms. The van der Waals surface area contributed by atoms with E-state index in [0.717, 1.165) is 19.4 Å². The Bertz CT molecular complexity index is 352. The molecule has 1 rings (SSSR count). The summed E-state index contributed by atoms with van der Waals surface area (Å²) in [5.41, 5.74) is 0. The highest BCUT2D eigenvalue weighted by atomic mass is 35.5. The largest absolute Gasteiger partial charge is 0.304 e. The highest BCUT2D eigenvalue weighted by molar-refractivity contribution is 7.89. The zero-order chi connectivity index (χ0) is 14.5. The molecule has 114 valence electrons. The van der Waals surface area contributed by atoms with Gasteiger partial charge in [0.05, 0.1) is 5.75 Å².